The Kier molecular flexibility index (Phi) is 8.83. The molecule has 0 saturated carbocycles. The summed E-state index contributed by atoms with van der Waals surface area (Å²) in [5.41, 5.74) is 2.12. The van der Waals surface area contributed by atoms with Crippen LogP contribution in [0.15, 0.2) is 35.6 Å². The van der Waals surface area contributed by atoms with Crippen LogP contribution >= 0.6 is 35.6 Å². The van der Waals surface area contributed by atoms with E-state index in [1.165, 1.54) is 0 Å². The van der Waals surface area contributed by atoms with Crippen LogP contribution in [0.1, 0.15) is 18.2 Å². The minimum absolute atomic E-state index is 0. The fourth-order valence-electron chi connectivity index (χ4n) is 1.76. The van der Waals surface area contributed by atoms with Crippen LogP contribution in [-0.2, 0) is 13.0 Å². The zero-order chi connectivity index (χ0) is 14.9. The topological polar surface area (TPSA) is 78.0 Å². The summed E-state index contributed by atoms with van der Waals surface area (Å²) in [4.78, 5) is 8.55. The number of guanidine groups is 1. The first-order chi connectivity index (χ1) is 10.3. The molecule has 2 heterocycles. The monoisotopic (exact) mass is 434 g/mol. The average molecular weight is 435 g/mol. The second kappa shape index (κ2) is 10.4. The number of aromatic nitrogens is 3. The maximum atomic E-state index is 5.76. The van der Waals surface area contributed by atoms with Crippen molar-refractivity contribution in [3.05, 3.63) is 47.0 Å². The number of pyridine rings is 1. The lowest BCUT2D eigenvalue weighted by molar-refractivity contribution is 0.794. The van der Waals surface area contributed by atoms with E-state index in [1.807, 2.05) is 19.1 Å². The third-order valence-corrected chi connectivity index (χ3v) is 3.03. The van der Waals surface area contributed by atoms with Crippen LogP contribution in [0.25, 0.3) is 0 Å². The minimum atomic E-state index is 0. The Bertz CT molecular complexity index is 555. The first-order valence-electron chi connectivity index (χ1n) is 6.89. The van der Waals surface area contributed by atoms with E-state index in [1.54, 1.807) is 18.5 Å². The summed E-state index contributed by atoms with van der Waals surface area (Å²) in [5, 5.41) is 13.8. The Labute approximate surface area is 152 Å². The summed E-state index contributed by atoms with van der Waals surface area (Å²) in [6, 6.07) is 5.69. The molecule has 2 aromatic rings. The molecule has 22 heavy (non-hydrogen) atoms. The summed E-state index contributed by atoms with van der Waals surface area (Å²) in [7, 11) is 0. The van der Waals surface area contributed by atoms with Crippen LogP contribution in [0.2, 0.25) is 5.15 Å². The van der Waals surface area contributed by atoms with Crippen molar-refractivity contribution < 1.29 is 0 Å². The van der Waals surface area contributed by atoms with Crippen LogP contribution in [0.4, 0.5) is 0 Å². The molecule has 0 fully saturated rings. The van der Waals surface area contributed by atoms with E-state index < -0.39 is 0 Å². The van der Waals surface area contributed by atoms with Crippen molar-refractivity contribution in [3.8, 4) is 0 Å². The highest BCUT2D eigenvalue weighted by Gasteiger charge is 1.99. The lowest BCUT2D eigenvalue weighted by Gasteiger charge is -2.11. The molecule has 0 aromatic carbocycles. The van der Waals surface area contributed by atoms with E-state index in [-0.39, 0.29) is 24.0 Å². The van der Waals surface area contributed by atoms with E-state index >= 15 is 0 Å². The molecule has 0 amide bonds. The van der Waals surface area contributed by atoms with Gasteiger partial charge >= 0.3 is 0 Å². The summed E-state index contributed by atoms with van der Waals surface area (Å²) in [6.07, 6.45) is 4.37. The van der Waals surface area contributed by atoms with Crippen LogP contribution in [0.3, 0.4) is 0 Å². The van der Waals surface area contributed by atoms with Crippen LogP contribution in [0.5, 0.6) is 0 Å². The Hall–Kier alpha value is -1.35. The van der Waals surface area contributed by atoms with Gasteiger partial charge in [0.25, 0.3) is 0 Å². The van der Waals surface area contributed by atoms with Crippen molar-refractivity contribution in [2.24, 2.45) is 4.99 Å². The Morgan fingerprint density at radius 2 is 2.18 bits per heavy atom. The van der Waals surface area contributed by atoms with Gasteiger partial charge in [0.05, 0.1) is 12.2 Å². The quantitative estimate of drug-likeness (QED) is 0.282. The second-order valence-electron chi connectivity index (χ2n) is 4.44. The van der Waals surface area contributed by atoms with Crippen molar-refractivity contribution in [3.63, 3.8) is 0 Å². The van der Waals surface area contributed by atoms with E-state index in [0.29, 0.717) is 11.7 Å². The summed E-state index contributed by atoms with van der Waals surface area (Å²) in [5.74, 6) is 0.786. The fraction of sp³-hybridized carbons (Fsp3) is 0.357. The maximum Gasteiger partial charge on any atom is 0.191 e. The number of rotatable bonds is 6. The van der Waals surface area contributed by atoms with Crippen LogP contribution in [-0.4, -0.2) is 34.2 Å². The molecule has 0 saturated heterocycles. The first kappa shape index (κ1) is 18.7. The van der Waals surface area contributed by atoms with Crippen molar-refractivity contribution in [2.45, 2.75) is 19.9 Å². The maximum absolute atomic E-state index is 5.76. The molecule has 0 atom stereocenters. The zero-order valence-corrected chi connectivity index (χ0v) is 15.4. The molecule has 8 heteroatoms. The minimum Gasteiger partial charge on any atom is -0.357 e. The number of H-pyrrole nitrogens is 1. The molecule has 2 aromatic heterocycles. The van der Waals surface area contributed by atoms with Gasteiger partial charge in [-0.25, -0.2) is 9.98 Å². The van der Waals surface area contributed by atoms with Gasteiger partial charge in [-0.15, -0.1) is 24.0 Å². The Morgan fingerprint density at radius 3 is 2.82 bits per heavy atom. The predicted octanol–water partition coefficient (Wildman–Crippen LogP) is 2.37. The van der Waals surface area contributed by atoms with Crippen LogP contribution < -0.4 is 10.6 Å². The van der Waals surface area contributed by atoms with Crippen molar-refractivity contribution in [2.75, 3.05) is 13.1 Å². The molecule has 3 N–H and O–H groups in total. The molecule has 0 spiro atoms. The van der Waals surface area contributed by atoms with E-state index in [9.17, 15) is 0 Å². The van der Waals surface area contributed by atoms with Gasteiger partial charge in [-0.1, -0.05) is 17.7 Å². The van der Waals surface area contributed by atoms with Gasteiger partial charge in [0.2, 0.25) is 0 Å². The number of hydrogen-bond acceptors (Lipinski definition) is 3. The largest absolute Gasteiger partial charge is 0.357 e. The number of aromatic amines is 1. The van der Waals surface area contributed by atoms with Gasteiger partial charge in [0.1, 0.15) is 5.15 Å². The predicted molar refractivity (Wildman–Crippen MR) is 99.8 cm³/mol. The number of hydrogen-bond donors (Lipinski definition) is 3. The fourth-order valence-corrected chi connectivity index (χ4v) is 1.87. The molecule has 0 radical (unpaired) electrons. The highest BCUT2D eigenvalue weighted by Crippen LogP contribution is 2.05. The Morgan fingerprint density at radius 1 is 1.32 bits per heavy atom. The van der Waals surface area contributed by atoms with Gasteiger partial charge in [-0.3, -0.25) is 5.10 Å². The average Bonchev–Trinajstić information content (AvgIpc) is 3.00. The molecule has 120 valence electrons. The first-order valence-corrected chi connectivity index (χ1v) is 7.26. The highest BCUT2D eigenvalue weighted by molar-refractivity contribution is 14.0. The SMILES string of the molecule is CCNC(=NCc1ccn[nH]1)NCCc1ccc(Cl)nc1.I. The van der Waals surface area contributed by atoms with Crippen molar-refractivity contribution in [1.82, 2.24) is 25.8 Å². The number of aliphatic imine (C=N–C) groups is 1. The van der Waals surface area contributed by atoms with Crippen molar-refractivity contribution in [1.29, 1.82) is 0 Å². The molecule has 0 aliphatic carbocycles. The highest BCUT2D eigenvalue weighted by atomic mass is 127. The van der Waals surface area contributed by atoms with Gasteiger partial charge in [-0.2, -0.15) is 5.10 Å². The second-order valence-corrected chi connectivity index (χ2v) is 4.83. The smallest absolute Gasteiger partial charge is 0.191 e. The molecule has 0 aliphatic heterocycles. The number of nitrogens with one attached hydrogen (secondary N) is 3. The summed E-state index contributed by atoms with van der Waals surface area (Å²) in [6.45, 7) is 4.20. The van der Waals surface area contributed by atoms with E-state index in [4.69, 9.17) is 11.6 Å². The molecule has 6 nitrogen and oxygen atoms in total. The van der Waals surface area contributed by atoms with Gasteiger partial charge in [0.15, 0.2) is 5.96 Å². The molecular weight excluding hydrogens is 415 g/mol. The lowest BCUT2D eigenvalue weighted by Crippen LogP contribution is -2.38. The molecule has 2 rings (SSSR count). The lowest BCUT2D eigenvalue weighted by atomic mass is 10.2. The molecule has 0 unspecified atom stereocenters. The Balaban J connectivity index is 0.00000242. The van der Waals surface area contributed by atoms with Crippen molar-refractivity contribution >= 4 is 41.5 Å². The molecular formula is C14H20ClIN6. The number of halogens is 2. The van der Waals surface area contributed by atoms with Gasteiger partial charge in [-0.05, 0) is 31.0 Å². The van der Waals surface area contributed by atoms with Gasteiger partial charge < -0.3 is 10.6 Å². The van der Waals surface area contributed by atoms with Gasteiger partial charge in [0, 0.05) is 25.5 Å². The third-order valence-electron chi connectivity index (χ3n) is 2.80. The van der Waals surface area contributed by atoms with E-state index in [2.05, 4.69) is 30.8 Å². The summed E-state index contributed by atoms with van der Waals surface area (Å²) >= 11 is 5.76. The summed E-state index contributed by atoms with van der Waals surface area (Å²) < 4.78 is 0. The normalized spacial score (nSPS) is 10.9. The van der Waals surface area contributed by atoms with E-state index in [0.717, 1.165) is 36.7 Å². The van der Waals surface area contributed by atoms with Crippen LogP contribution in [0, 0.1) is 0 Å². The number of nitrogens with zero attached hydrogens (tertiary/aromatic N) is 3. The molecule has 0 aliphatic rings. The third kappa shape index (κ3) is 6.61. The zero-order valence-electron chi connectivity index (χ0n) is 12.3. The molecule has 0 bridgehead atoms. The standard InChI is InChI=1S/C14H19ClN6.HI/c1-2-16-14(19-10-12-6-8-20-21-12)17-7-5-11-3-4-13(15)18-9-11;/h3-4,6,8-9H,2,5,7,10H2,1H3,(H,20,21)(H2,16,17,19);1H.